The number of likely N-dealkylation sites (tertiary alicyclic amines) is 1. The summed E-state index contributed by atoms with van der Waals surface area (Å²) in [4.78, 5) is 16.4. The smallest absolute Gasteiger partial charge is 0.273 e. The lowest BCUT2D eigenvalue weighted by Crippen LogP contribution is -2.36. The largest absolute Gasteiger partial charge is 0.348 e. The maximum atomic E-state index is 12.5. The van der Waals surface area contributed by atoms with Crippen LogP contribution in [0.5, 0.6) is 0 Å². The molecular weight excluding hydrogens is 382 g/mol. The fraction of sp³-hybridized carbons (Fsp3) is 0.500. The quantitative estimate of drug-likeness (QED) is 0.692. The fourth-order valence-electron chi connectivity index (χ4n) is 4.61. The number of aromatic nitrogens is 3. The number of thiophene rings is 1. The maximum absolute atomic E-state index is 12.5. The van der Waals surface area contributed by atoms with E-state index in [0.717, 1.165) is 45.3 Å². The number of rotatable bonds is 5. The zero-order chi connectivity index (χ0) is 19.6. The van der Waals surface area contributed by atoms with Gasteiger partial charge in [0.2, 0.25) is 0 Å². The minimum absolute atomic E-state index is 0.0823. The summed E-state index contributed by atoms with van der Waals surface area (Å²) in [5.41, 5.74) is 0.443. The van der Waals surface area contributed by atoms with Gasteiger partial charge in [0.1, 0.15) is 0 Å². The van der Waals surface area contributed by atoms with Crippen LogP contribution in [0, 0.1) is 0 Å². The highest BCUT2D eigenvalue weighted by atomic mass is 32.1. The number of piperidine rings is 1. The molecule has 0 bridgehead atoms. The molecule has 1 unspecified atom stereocenters. The number of hydrogen-bond acceptors (Lipinski definition) is 5. The molecule has 5 rings (SSSR count). The highest BCUT2D eigenvalue weighted by Gasteiger charge is 2.25. The Labute approximate surface area is 174 Å². The summed E-state index contributed by atoms with van der Waals surface area (Å²) in [5.74, 6) is -0.0823. The van der Waals surface area contributed by atoms with Crippen molar-refractivity contribution in [2.24, 2.45) is 0 Å². The van der Waals surface area contributed by atoms with Gasteiger partial charge >= 0.3 is 0 Å². The predicted octanol–water partition coefficient (Wildman–Crippen LogP) is 4.00. The van der Waals surface area contributed by atoms with Crippen LogP contribution in [0.3, 0.4) is 0 Å². The van der Waals surface area contributed by atoms with Gasteiger partial charge in [-0.05, 0) is 49.7 Å². The Morgan fingerprint density at radius 2 is 2.03 bits per heavy atom. The van der Waals surface area contributed by atoms with E-state index < -0.39 is 0 Å². The van der Waals surface area contributed by atoms with Gasteiger partial charge in [-0.1, -0.05) is 36.3 Å². The summed E-state index contributed by atoms with van der Waals surface area (Å²) >= 11 is 1.88. The summed E-state index contributed by atoms with van der Waals surface area (Å²) in [7, 11) is 0. The van der Waals surface area contributed by atoms with Crippen molar-refractivity contribution in [3.05, 3.63) is 47.1 Å². The van der Waals surface area contributed by atoms with Crippen LogP contribution in [0.1, 0.15) is 59.9 Å². The van der Waals surface area contributed by atoms with Crippen molar-refractivity contribution in [2.45, 2.75) is 57.2 Å². The van der Waals surface area contributed by atoms with Crippen molar-refractivity contribution < 1.29 is 4.79 Å². The van der Waals surface area contributed by atoms with Crippen molar-refractivity contribution in [2.75, 3.05) is 13.1 Å². The van der Waals surface area contributed by atoms with E-state index in [2.05, 4.69) is 50.9 Å². The number of fused-ring (bicyclic) bond motifs is 1. The predicted molar refractivity (Wildman–Crippen MR) is 115 cm³/mol. The molecule has 152 valence electrons. The van der Waals surface area contributed by atoms with Crippen molar-refractivity contribution in [1.29, 1.82) is 0 Å². The lowest BCUT2D eigenvalue weighted by atomic mass is 10.1. The Balaban J connectivity index is 1.22. The van der Waals surface area contributed by atoms with Gasteiger partial charge < -0.3 is 5.32 Å². The van der Waals surface area contributed by atoms with E-state index in [9.17, 15) is 4.79 Å². The second-order valence-electron chi connectivity index (χ2n) is 8.32. The summed E-state index contributed by atoms with van der Waals surface area (Å²) in [6.45, 7) is 3.02. The first kappa shape index (κ1) is 18.8. The van der Waals surface area contributed by atoms with Gasteiger partial charge in [-0.15, -0.1) is 16.4 Å². The average Bonchev–Trinajstić information content (AvgIpc) is 3.48. The van der Waals surface area contributed by atoms with Gasteiger partial charge in [0.25, 0.3) is 5.91 Å². The van der Waals surface area contributed by atoms with Crippen molar-refractivity contribution in [3.8, 4) is 0 Å². The molecule has 1 aromatic carbocycles. The molecule has 1 N–H and O–H groups in total. The Bertz CT molecular complexity index is 957. The summed E-state index contributed by atoms with van der Waals surface area (Å²) in [6.07, 6.45) is 8.61. The van der Waals surface area contributed by atoms with Crippen LogP contribution < -0.4 is 5.32 Å². The molecule has 2 aromatic heterocycles. The average molecular weight is 410 g/mol. The highest BCUT2D eigenvalue weighted by Crippen LogP contribution is 2.28. The minimum atomic E-state index is -0.0823. The topological polar surface area (TPSA) is 63.1 Å². The van der Waals surface area contributed by atoms with Gasteiger partial charge in [0.15, 0.2) is 5.69 Å². The molecule has 29 heavy (non-hydrogen) atoms. The molecule has 2 fully saturated rings. The number of nitrogens with one attached hydrogen (secondary N) is 1. The molecule has 6 nitrogen and oxygen atoms in total. The van der Waals surface area contributed by atoms with Crippen LogP contribution in [0.25, 0.3) is 10.1 Å². The Kier molecular flexibility index (Phi) is 5.33. The third kappa shape index (κ3) is 4.21. The first-order valence-electron chi connectivity index (χ1n) is 10.7. The molecule has 1 amide bonds. The monoisotopic (exact) mass is 409 g/mol. The van der Waals surface area contributed by atoms with E-state index in [1.165, 1.54) is 27.8 Å². The highest BCUT2D eigenvalue weighted by molar-refractivity contribution is 7.19. The number of amides is 1. The van der Waals surface area contributed by atoms with Gasteiger partial charge in [0, 0.05) is 28.7 Å². The normalized spacial score (nSPS) is 21.0. The molecular formula is C22H27N5OS. The number of nitrogens with zero attached hydrogens (tertiary/aromatic N) is 4. The SMILES string of the molecule is O=C(NC1CCCC1)c1cn(C2CCCN(Cc3cc4ccccc4s3)C2)nn1. The molecule has 1 saturated heterocycles. The van der Waals surface area contributed by atoms with E-state index in [0.29, 0.717) is 11.7 Å². The first-order chi connectivity index (χ1) is 14.2. The Hall–Kier alpha value is -2.25. The number of benzene rings is 1. The van der Waals surface area contributed by atoms with Gasteiger partial charge in [-0.3, -0.25) is 9.69 Å². The Morgan fingerprint density at radius 1 is 1.17 bits per heavy atom. The molecule has 1 aliphatic heterocycles. The Morgan fingerprint density at radius 3 is 2.90 bits per heavy atom. The standard InChI is InChI=1S/C22H27N5OS/c28-22(23-17-7-2-3-8-17)20-15-27(25-24-20)18-9-5-11-26(13-18)14-19-12-16-6-1-4-10-21(16)29-19/h1,4,6,10,12,15,17-18H,2-3,5,7-9,11,13-14H2,(H,23,28). The first-order valence-corrected chi connectivity index (χ1v) is 11.5. The second kappa shape index (κ2) is 8.24. The lowest BCUT2D eigenvalue weighted by molar-refractivity contribution is 0.0932. The molecule has 0 spiro atoms. The van der Waals surface area contributed by atoms with Gasteiger partial charge in [0.05, 0.1) is 12.2 Å². The van der Waals surface area contributed by atoms with Crippen LogP contribution in [-0.2, 0) is 6.54 Å². The van der Waals surface area contributed by atoms with Crippen LogP contribution in [-0.4, -0.2) is 44.9 Å². The molecule has 1 aliphatic carbocycles. The van der Waals surface area contributed by atoms with Crippen LogP contribution in [0.2, 0.25) is 0 Å². The van der Waals surface area contributed by atoms with E-state index >= 15 is 0 Å². The van der Waals surface area contributed by atoms with Crippen LogP contribution >= 0.6 is 11.3 Å². The summed E-state index contributed by atoms with van der Waals surface area (Å²) < 4.78 is 3.26. The number of carbonyl (C=O) groups excluding carboxylic acids is 1. The maximum Gasteiger partial charge on any atom is 0.273 e. The zero-order valence-corrected chi connectivity index (χ0v) is 17.4. The lowest BCUT2D eigenvalue weighted by Gasteiger charge is -2.32. The van der Waals surface area contributed by atoms with E-state index in [-0.39, 0.29) is 11.9 Å². The van der Waals surface area contributed by atoms with Crippen molar-refractivity contribution in [3.63, 3.8) is 0 Å². The van der Waals surface area contributed by atoms with Gasteiger partial charge in [-0.25, -0.2) is 4.68 Å². The molecule has 1 saturated carbocycles. The molecule has 3 heterocycles. The minimum Gasteiger partial charge on any atom is -0.348 e. The van der Waals surface area contributed by atoms with Crippen LogP contribution in [0.15, 0.2) is 36.5 Å². The zero-order valence-electron chi connectivity index (χ0n) is 16.6. The van der Waals surface area contributed by atoms with E-state index in [1.807, 2.05) is 22.2 Å². The third-order valence-corrected chi connectivity index (χ3v) is 7.24. The molecule has 1 atom stereocenters. The van der Waals surface area contributed by atoms with E-state index in [4.69, 9.17) is 0 Å². The second-order valence-corrected chi connectivity index (χ2v) is 9.49. The molecule has 7 heteroatoms. The fourth-order valence-corrected chi connectivity index (χ4v) is 5.72. The van der Waals surface area contributed by atoms with Crippen molar-refractivity contribution >= 4 is 27.3 Å². The molecule has 3 aromatic rings. The number of carbonyl (C=O) groups is 1. The van der Waals surface area contributed by atoms with Crippen LogP contribution in [0.4, 0.5) is 0 Å². The number of hydrogen-bond donors (Lipinski definition) is 1. The third-order valence-electron chi connectivity index (χ3n) is 6.14. The molecule has 0 radical (unpaired) electrons. The van der Waals surface area contributed by atoms with Crippen molar-refractivity contribution in [1.82, 2.24) is 25.2 Å². The summed E-state index contributed by atoms with van der Waals surface area (Å²) in [5, 5.41) is 12.9. The summed E-state index contributed by atoms with van der Waals surface area (Å²) in [6, 6.07) is 11.5. The van der Waals surface area contributed by atoms with E-state index in [1.54, 1.807) is 0 Å². The van der Waals surface area contributed by atoms with Gasteiger partial charge in [-0.2, -0.15) is 0 Å². The molecule has 2 aliphatic rings.